The van der Waals surface area contributed by atoms with Crippen LogP contribution >= 0.6 is 11.6 Å². The molecule has 7 heteroatoms. The number of guanidine groups is 1. The van der Waals surface area contributed by atoms with Crippen LogP contribution in [-0.2, 0) is 4.79 Å². The summed E-state index contributed by atoms with van der Waals surface area (Å²) in [5.41, 5.74) is 0.580. The summed E-state index contributed by atoms with van der Waals surface area (Å²) in [5, 5.41) is 7.20. The number of halogens is 2. The maximum atomic E-state index is 14.0. The van der Waals surface area contributed by atoms with Gasteiger partial charge in [0.1, 0.15) is 5.82 Å². The van der Waals surface area contributed by atoms with Crippen LogP contribution in [0.3, 0.4) is 0 Å². The number of amides is 1. The molecule has 2 aliphatic rings. The van der Waals surface area contributed by atoms with Gasteiger partial charge in [0.15, 0.2) is 5.96 Å². The van der Waals surface area contributed by atoms with Crippen molar-refractivity contribution >= 4 is 23.5 Å². The Kier molecular flexibility index (Phi) is 5.70. The van der Waals surface area contributed by atoms with Crippen molar-refractivity contribution in [2.24, 2.45) is 10.9 Å². The molecule has 1 aromatic rings. The Labute approximate surface area is 159 Å². The minimum atomic E-state index is -0.256. The molecule has 0 aromatic heterocycles. The third-order valence-corrected chi connectivity index (χ3v) is 5.37. The van der Waals surface area contributed by atoms with E-state index in [9.17, 15) is 9.18 Å². The highest BCUT2D eigenvalue weighted by atomic mass is 35.5. The number of rotatable bonds is 4. The molecule has 1 saturated carbocycles. The first-order valence-corrected chi connectivity index (χ1v) is 9.51. The third kappa shape index (κ3) is 4.11. The van der Waals surface area contributed by atoms with Crippen molar-refractivity contribution in [2.45, 2.75) is 44.7 Å². The molecule has 142 valence electrons. The van der Waals surface area contributed by atoms with Gasteiger partial charge in [0.25, 0.3) is 0 Å². The van der Waals surface area contributed by atoms with Gasteiger partial charge < -0.3 is 15.5 Å². The Morgan fingerprint density at radius 1 is 1.38 bits per heavy atom. The summed E-state index contributed by atoms with van der Waals surface area (Å²) >= 11 is 6.16. The smallest absolute Gasteiger partial charge is 0.225 e. The monoisotopic (exact) mass is 380 g/mol. The fourth-order valence-electron chi connectivity index (χ4n) is 3.52. The van der Waals surface area contributed by atoms with Crippen molar-refractivity contribution in [3.63, 3.8) is 0 Å². The molecule has 0 radical (unpaired) electrons. The minimum Gasteiger partial charge on any atom is -0.353 e. The van der Waals surface area contributed by atoms with Crippen LogP contribution in [0.4, 0.5) is 4.39 Å². The maximum absolute atomic E-state index is 14.0. The largest absolute Gasteiger partial charge is 0.353 e. The Bertz CT molecular complexity index is 689. The van der Waals surface area contributed by atoms with Crippen LogP contribution in [0.2, 0.25) is 5.02 Å². The van der Waals surface area contributed by atoms with Gasteiger partial charge in [-0.05, 0) is 25.0 Å². The molecule has 1 saturated heterocycles. The van der Waals surface area contributed by atoms with E-state index in [1.165, 1.54) is 6.07 Å². The summed E-state index contributed by atoms with van der Waals surface area (Å²) in [4.78, 5) is 18.3. The third-order valence-electron chi connectivity index (χ3n) is 5.04. The number of aliphatic imine (C=N–C) groups is 1. The van der Waals surface area contributed by atoms with Crippen molar-refractivity contribution in [3.05, 3.63) is 34.6 Å². The normalized spacial score (nSPS) is 25.5. The standard InChI is InChI=1S/C19H26ClFN4O/c1-11(2)18(26)25-8-7-12(10-25)23-19(22-3)24-16-9-13(16)17-14(20)5-4-6-15(17)21/h4-6,11-13,16H,7-10H2,1-3H3,(H2,22,23,24). The highest BCUT2D eigenvalue weighted by Crippen LogP contribution is 2.44. The molecule has 3 rings (SSSR count). The van der Waals surface area contributed by atoms with Crippen LogP contribution in [0, 0.1) is 11.7 Å². The minimum absolute atomic E-state index is 0.0175. The molecule has 1 aromatic carbocycles. The Balaban J connectivity index is 1.53. The lowest BCUT2D eigenvalue weighted by Gasteiger charge is -2.20. The first kappa shape index (κ1) is 19.0. The number of benzene rings is 1. The van der Waals surface area contributed by atoms with Crippen LogP contribution in [0.5, 0.6) is 0 Å². The van der Waals surface area contributed by atoms with Crippen molar-refractivity contribution in [1.82, 2.24) is 15.5 Å². The lowest BCUT2D eigenvalue weighted by Crippen LogP contribution is -2.46. The summed E-state index contributed by atoms with van der Waals surface area (Å²) < 4.78 is 14.0. The van der Waals surface area contributed by atoms with Gasteiger partial charge in [0, 0.05) is 54.6 Å². The zero-order valence-corrected chi connectivity index (χ0v) is 16.2. The van der Waals surface area contributed by atoms with E-state index < -0.39 is 0 Å². The molecule has 2 fully saturated rings. The van der Waals surface area contributed by atoms with E-state index in [-0.39, 0.29) is 35.6 Å². The van der Waals surface area contributed by atoms with Gasteiger partial charge in [-0.2, -0.15) is 0 Å². The summed E-state index contributed by atoms with van der Waals surface area (Å²) in [6.45, 7) is 5.29. The quantitative estimate of drug-likeness (QED) is 0.623. The van der Waals surface area contributed by atoms with Crippen LogP contribution in [0.25, 0.3) is 0 Å². The maximum Gasteiger partial charge on any atom is 0.225 e. The average molecular weight is 381 g/mol. The predicted molar refractivity (Wildman–Crippen MR) is 102 cm³/mol. The van der Waals surface area contributed by atoms with Gasteiger partial charge in [-0.3, -0.25) is 9.79 Å². The second kappa shape index (κ2) is 7.82. The van der Waals surface area contributed by atoms with E-state index in [0.29, 0.717) is 23.1 Å². The van der Waals surface area contributed by atoms with Gasteiger partial charge in [-0.1, -0.05) is 31.5 Å². The van der Waals surface area contributed by atoms with Crippen LogP contribution in [-0.4, -0.2) is 49.0 Å². The van der Waals surface area contributed by atoms with Crippen LogP contribution in [0.1, 0.15) is 38.2 Å². The summed E-state index contributed by atoms with van der Waals surface area (Å²) in [6.07, 6.45) is 1.72. The number of carbonyl (C=O) groups is 1. The van der Waals surface area contributed by atoms with Gasteiger partial charge in [-0.15, -0.1) is 0 Å². The lowest BCUT2D eigenvalue weighted by atomic mass is 10.1. The molecule has 0 spiro atoms. The molecular formula is C19H26ClFN4O. The molecule has 26 heavy (non-hydrogen) atoms. The number of nitrogens with zero attached hydrogens (tertiary/aromatic N) is 2. The molecule has 5 nitrogen and oxygen atoms in total. The Morgan fingerprint density at radius 2 is 2.15 bits per heavy atom. The highest BCUT2D eigenvalue weighted by molar-refractivity contribution is 6.31. The molecule has 3 unspecified atom stereocenters. The first-order chi connectivity index (χ1) is 12.4. The fraction of sp³-hybridized carbons (Fsp3) is 0.579. The molecule has 3 atom stereocenters. The Hall–Kier alpha value is -1.82. The lowest BCUT2D eigenvalue weighted by molar-refractivity contribution is -0.133. The van der Waals surface area contributed by atoms with Crippen molar-refractivity contribution in [3.8, 4) is 0 Å². The zero-order valence-electron chi connectivity index (χ0n) is 15.4. The van der Waals surface area contributed by atoms with E-state index in [1.54, 1.807) is 19.2 Å². The van der Waals surface area contributed by atoms with Crippen LogP contribution in [0.15, 0.2) is 23.2 Å². The Morgan fingerprint density at radius 3 is 2.81 bits per heavy atom. The van der Waals surface area contributed by atoms with Gasteiger partial charge in [0.2, 0.25) is 5.91 Å². The van der Waals surface area contributed by atoms with Gasteiger partial charge in [0.05, 0.1) is 0 Å². The van der Waals surface area contributed by atoms with Gasteiger partial charge >= 0.3 is 0 Å². The topological polar surface area (TPSA) is 56.7 Å². The van der Waals surface area contributed by atoms with E-state index in [4.69, 9.17) is 11.6 Å². The molecule has 1 aliphatic heterocycles. The van der Waals surface area contributed by atoms with Crippen LogP contribution < -0.4 is 10.6 Å². The van der Waals surface area contributed by atoms with Gasteiger partial charge in [-0.25, -0.2) is 4.39 Å². The van der Waals surface area contributed by atoms with E-state index in [1.807, 2.05) is 18.7 Å². The van der Waals surface area contributed by atoms with E-state index in [0.717, 1.165) is 19.4 Å². The SMILES string of the molecule is CN=C(NC1CCN(C(=O)C(C)C)C1)NC1CC1c1c(F)cccc1Cl. The number of carbonyl (C=O) groups excluding carboxylic acids is 1. The second-order valence-corrected chi connectivity index (χ2v) is 7.78. The van der Waals surface area contributed by atoms with Crippen molar-refractivity contribution < 1.29 is 9.18 Å². The molecule has 0 bridgehead atoms. The summed E-state index contributed by atoms with van der Waals surface area (Å²) in [6, 6.07) is 5.09. The molecule has 2 N–H and O–H groups in total. The van der Waals surface area contributed by atoms with Crippen molar-refractivity contribution in [2.75, 3.05) is 20.1 Å². The summed E-state index contributed by atoms with van der Waals surface area (Å²) in [5.74, 6) is 0.699. The van der Waals surface area contributed by atoms with Crippen molar-refractivity contribution in [1.29, 1.82) is 0 Å². The number of hydrogen-bond donors (Lipinski definition) is 2. The first-order valence-electron chi connectivity index (χ1n) is 9.13. The molecular weight excluding hydrogens is 355 g/mol. The average Bonchev–Trinajstić information content (AvgIpc) is 3.17. The number of hydrogen-bond acceptors (Lipinski definition) is 2. The van der Waals surface area contributed by atoms with E-state index >= 15 is 0 Å². The van der Waals surface area contributed by atoms with E-state index in [2.05, 4.69) is 15.6 Å². The second-order valence-electron chi connectivity index (χ2n) is 7.37. The number of likely N-dealkylation sites (tertiary alicyclic amines) is 1. The summed E-state index contributed by atoms with van der Waals surface area (Å²) in [7, 11) is 1.72. The fourth-order valence-corrected chi connectivity index (χ4v) is 3.82. The zero-order chi connectivity index (χ0) is 18.8. The predicted octanol–water partition coefficient (Wildman–Crippen LogP) is 2.76. The molecule has 1 amide bonds. The molecule has 1 heterocycles. The highest BCUT2D eigenvalue weighted by Gasteiger charge is 2.42. The molecule has 1 aliphatic carbocycles. The number of nitrogens with one attached hydrogen (secondary N) is 2.